The Hall–Kier alpha value is -3.45. The molecule has 0 saturated carbocycles. The van der Waals surface area contributed by atoms with E-state index < -0.39 is 12.0 Å². The number of carbonyl (C=O) groups excluding carboxylic acids is 2. The Labute approximate surface area is 213 Å². The van der Waals surface area contributed by atoms with E-state index in [1.165, 1.54) is 11.2 Å². The van der Waals surface area contributed by atoms with Crippen LogP contribution in [0.15, 0.2) is 36.9 Å². The fourth-order valence-electron chi connectivity index (χ4n) is 5.43. The van der Waals surface area contributed by atoms with Gasteiger partial charge in [-0.25, -0.2) is 15.0 Å². The highest BCUT2D eigenvalue weighted by Crippen LogP contribution is 2.44. The van der Waals surface area contributed by atoms with Crippen LogP contribution in [0.5, 0.6) is 0 Å². The summed E-state index contributed by atoms with van der Waals surface area (Å²) >= 11 is 0. The van der Waals surface area contributed by atoms with Crippen molar-refractivity contribution in [3.05, 3.63) is 48.0 Å². The molecular weight excluding hydrogens is 478 g/mol. The minimum absolute atomic E-state index is 0.233. The first-order valence-corrected chi connectivity index (χ1v) is 12.3. The number of benzene rings is 1. The van der Waals surface area contributed by atoms with Crippen LogP contribution in [0.4, 0.5) is 5.82 Å². The largest absolute Gasteiger partial charge is 0.382 e. The molecule has 12 heteroatoms. The number of ether oxygens (including phenoxy) is 3. The van der Waals surface area contributed by atoms with Gasteiger partial charge in [0.25, 0.3) is 11.8 Å². The lowest BCUT2D eigenvalue weighted by Crippen LogP contribution is -2.39. The molecule has 6 rings (SSSR count). The molecule has 2 saturated heterocycles. The third-order valence-corrected chi connectivity index (χ3v) is 7.08. The Kier molecular flexibility index (Phi) is 5.71. The number of anilines is 1. The third-order valence-electron chi connectivity index (χ3n) is 7.08. The quantitative estimate of drug-likeness (QED) is 0.468. The smallest absolute Gasteiger partial charge is 0.261 e. The summed E-state index contributed by atoms with van der Waals surface area (Å²) in [5.74, 6) is -0.923. The van der Waals surface area contributed by atoms with Crippen molar-refractivity contribution in [2.75, 3.05) is 32.4 Å². The number of amides is 2. The van der Waals surface area contributed by atoms with Crippen LogP contribution < -0.4 is 5.73 Å². The van der Waals surface area contributed by atoms with E-state index >= 15 is 0 Å². The molecule has 2 aromatic heterocycles. The van der Waals surface area contributed by atoms with Crippen molar-refractivity contribution >= 4 is 28.8 Å². The van der Waals surface area contributed by atoms with Crippen LogP contribution in [0.2, 0.25) is 0 Å². The average Bonchev–Trinajstić information content (AvgIpc) is 3.58. The van der Waals surface area contributed by atoms with Crippen LogP contribution in [-0.2, 0) is 14.2 Å². The maximum Gasteiger partial charge on any atom is 0.261 e. The number of aromatic nitrogens is 4. The van der Waals surface area contributed by atoms with Crippen LogP contribution in [-0.4, -0.2) is 91.9 Å². The molecule has 0 unspecified atom stereocenters. The summed E-state index contributed by atoms with van der Waals surface area (Å²) in [5, 5.41) is 0. The second kappa shape index (κ2) is 8.84. The molecule has 1 aromatic carbocycles. The fourth-order valence-corrected chi connectivity index (χ4v) is 5.43. The van der Waals surface area contributed by atoms with Gasteiger partial charge in [0.1, 0.15) is 30.2 Å². The molecule has 3 aliphatic rings. The summed E-state index contributed by atoms with van der Waals surface area (Å²) in [5.41, 5.74) is 7.99. The summed E-state index contributed by atoms with van der Waals surface area (Å²) in [6, 6.07) is 6.93. The molecule has 2 fully saturated rings. The van der Waals surface area contributed by atoms with E-state index in [4.69, 9.17) is 19.9 Å². The van der Waals surface area contributed by atoms with Gasteiger partial charge >= 0.3 is 0 Å². The number of hydrogen-bond donors (Lipinski definition) is 1. The first-order chi connectivity index (χ1) is 17.7. The Morgan fingerprint density at radius 1 is 1.05 bits per heavy atom. The van der Waals surface area contributed by atoms with E-state index in [0.717, 1.165) is 0 Å². The van der Waals surface area contributed by atoms with E-state index in [-0.39, 0.29) is 30.1 Å². The molecule has 2 N–H and O–H groups in total. The number of hydrogen-bond acceptors (Lipinski definition) is 10. The Bertz CT molecular complexity index is 1340. The van der Waals surface area contributed by atoms with Gasteiger partial charge in [-0.1, -0.05) is 12.1 Å². The topological polar surface area (TPSA) is 138 Å². The molecule has 3 aliphatic heterocycles. The van der Waals surface area contributed by atoms with Crippen LogP contribution in [0.1, 0.15) is 47.2 Å². The lowest BCUT2D eigenvalue weighted by atomic mass is 10.1. The van der Waals surface area contributed by atoms with Gasteiger partial charge in [-0.05, 0) is 46.0 Å². The molecular formula is C25H29N7O5. The molecule has 0 bridgehead atoms. The van der Waals surface area contributed by atoms with Gasteiger partial charge in [-0.15, -0.1) is 0 Å². The minimum atomic E-state index is -0.760. The molecule has 0 spiro atoms. The average molecular weight is 508 g/mol. The van der Waals surface area contributed by atoms with E-state index in [1.54, 1.807) is 30.6 Å². The van der Waals surface area contributed by atoms with Gasteiger partial charge in [0.2, 0.25) is 0 Å². The van der Waals surface area contributed by atoms with Crippen LogP contribution >= 0.6 is 0 Å². The second-order valence-electron chi connectivity index (χ2n) is 10.1. The molecule has 12 nitrogen and oxygen atoms in total. The zero-order valence-corrected chi connectivity index (χ0v) is 20.9. The van der Waals surface area contributed by atoms with E-state index in [2.05, 4.69) is 19.9 Å². The molecule has 4 atom stereocenters. The van der Waals surface area contributed by atoms with Gasteiger partial charge in [-0.3, -0.25) is 19.1 Å². The van der Waals surface area contributed by atoms with Gasteiger partial charge in [0.05, 0.1) is 17.5 Å². The van der Waals surface area contributed by atoms with E-state index in [0.29, 0.717) is 54.2 Å². The monoisotopic (exact) mass is 507 g/mol. The van der Waals surface area contributed by atoms with Gasteiger partial charge in [-0.2, -0.15) is 0 Å². The second-order valence-corrected chi connectivity index (χ2v) is 10.1. The summed E-state index contributed by atoms with van der Waals surface area (Å²) in [7, 11) is 1.98. The third kappa shape index (κ3) is 4.06. The zero-order chi connectivity index (χ0) is 25.9. The molecule has 0 aliphatic carbocycles. The highest BCUT2D eigenvalue weighted by atomic mass is 16.8. The number of imide groups is 1. The highest BCUT2D eigenvalue weighted by molar-refractivity contribution is 6.21. The van der Waals surface area contributed by atoms with Crippen molar-refractivity contribution in [2.45, 2.75) is 50.6 Å². The van der Waals surface area contributed by atoms with Crippen LogP contribution in [0.3, 0.4) is 0 Å². The fraction of sp³-hybridized carbons (Fsp3) is 0.480. The molecule has 5 heterocycles. The van der Waals surface area contributed by atoms with Crippen LogP contribution in [0, 0.1) is 0 Å². The van der Waals surface area contributed by atoms with E-state index in [9.17, 15) is 9.59 Å². The summed E-state index contributed by atoms with van der Waals surface area (Å²) in [4.78, 5) is 41.4. The van der Waals surface area contributed by atoms with Gasteiger partial charge in [0, 0.05) is 13.1 Å². The van der Waals surface area contributed by atoms with Gasteiger partial charge < -0.3 is 24.8 Å². The lowest BCUT2D eigenvalue weighted by Gasteiger charge is -2.27. The Morgan fingerprint density at radius 2 is 1.76 bits per heavy atom. The number of fused-ring (bicyclic) bond motifs is 3. The number of imidazole rings is 1. The molecule has 3 aromatic rings. The van der Waals surface area contributed by atoms with Crippen molar-refractivity contribution < 1.29 is 23.8 Å². The first kappa shape index (κ1) is 23.9. The van der Waals surface area contributed by atoms with Crippen molar-refractivity contribution in [2.24, 2.45) is 0 Å². The summed E-state index contributed by atoms with van der Waals surface area (Å²) in [6.45, 7) is 5.36. The van der Waals surface area contributed by atoms with E-state index in [1.807, 2.05) is 25.5 Å². The van der Waals surface area contributed by atoms with Crippen LogP contribution in [0.25, 0.3) is 11.2 Å². The van der Waals surface area contributed by atoms with Gasteiger partial charge in [0.15, 0.2) is 23.5 Å². The maximum atomic E-state index is 12.6. The molecule has 194 valence electrons. The summed E-state index contributed by atoms with van der Waals surface area (Å²) in [6.07, 6.45) is 2.24. The van der Waals surface area contributed by atoms with Crippen molar-refractivity contribution in [3.8, 4) is 0 Å². The minimum Gasteiger partial charge on any atom is -0.382 e. The predicted octanol–water partition coefficient (Wildman–Crippen LogP) is 1.44. The lowest BCUT2D eigenvalue weighted by molar-refractivity contribution is -0.197. The Balaban J connectivity index is 1.12. The molecule has 37 heavy (non-hydrogen) atoms. The number of nitrogen functional groups attached to an aromatic ring is 1. The maximum absolute atomic E-state index is 12.6. The number of likely N-dealkylation sites (N-methyl/N-ethyl adjacent to an activating group) is 1. The standard InChI is InChI=1S/C25H29N7O5/c1-25(2)36-18-16(35-24(19(18)37-25)32-13-29-17-20(26)27-12-28-21(17)32)11-30(3)9-6-10-31-22(33)14-7-4-5-8-15(14)23(31)34/h4-5,7-8,12-13,16,18-19,24H,6,9-11H2,1-3H3,(H2,26,27,28)/t16-,18-,19-,24-/m1/s1. The highest BCUT2D eigenvalue weighted by Gasteiger charge is 2.56. The SMILES string of the molecule is CN(CCCN1C(=O)c2ccccc2C1=O)C[C@H]1O[C@@H](n2cnc3c(N)ncnc32)[C@@H]2OC(C)(C)O[C@@H]21. The Morgan fingerprint density at radius 3 is 2.49 bits per heavy atom. The molecule has 2 amide bonds. The predicted molar refractivity (Wildman–Crippen MR) is 131 cm³/mol. The van der Waals surface area contributed by atoms with Crippen molar-refractivity contribution in [1.82, 2.24) is 29.3 Å². The van der Waals surface area contributed by atoms with Crippen molar-refractivity contribution in [3.63, 3.8) is 0 Å². The number of nitrogens with zero attached hydrogens (tertiary/aromatic N) is 6. The number of rotatable bonds is 7. The first-order valence-electron chi connectivity index (χ1n) is 12.3. The summed E-state index contributed by atoms with van der Waals surface area (Å²) < 4.78 is 20.7. The van der Waals surface area contributed by atoms with Crippen molar-refractivity contribution in [1.29, 1.82) is 0 Å². The normalized spacial score (nSPS) is 26.4. The number of carbonyl (C=O) groups is 2. The number of nitrogens with two attached hydrogens (primary N) is 1. The molecule has 0 radical (unpaired) electrons. The zero-order valence-electron chi connectivity index (χ0n) is 20.9.